The van der Waals surface area contributed by atoms with Crippen molar-refractivity contribution in [3.05, 3.63) is 64.2 Å². The fourth-order valence-electron chi connectivity index (χ4n) is 5.63. The molecule has 5 N–H and O–H groups in total. The van der Waals surface area contributed by atoms with Crippen LogP contribution in [0.1, 0.15) is 45.1 Å². The lowest BCUT2D eigenvalue weighted by Crippen LogP contribution is -2.56. The lowest BCUT2D eigenvalue weighted by Gasteiger charge is -2.38. The molecule has 5 rings (SSSR count). The highest BCUT2D eigenvalue weighted by Gasteiger charge is 2.36. The van der Waals surface area contributed by atoms with Crippen LogP contribution < -0.4 is 16.4 Å². The van der Waals surface area contributed by atoms with E-state index in [0.29, 0.717) is 79.5 Å². The van der Waals surface area contributed by atoms with Crippen molar-refractivity contribution in [1.82, 2.24) is 20.5 Å². The third-order valence-electron chi connectivity index (χ3n) is 7.94. The fraction of sp³-hybridized carbons (Fsp3) is 0.483. The lowest BCUT2D eigenvalue weighted by atomic mass is 9.88. The zero-order chi connectivity index (χ0) is 27.7. The second-order valence-electron chi connectivity index (χ2n) is 11.2. The maximum Gasteiger partial charge on any atom is 0.251 e. The largest absolute Gasteiger partial charge is 0.397 e. The van der Waals surface area contributed by atoms with Crippen molar-refractivity contribution < 1.29 is 13.9 Å². The van der Waals surface area contributed by atoms with Crippen LogP contribution in [0.4, 0.5) is 4.39 Å². The van der Waals surface area contributed by atoms with E-state index in [0.717, 1.165) is 10.8 Å². The van der Waals surface area contributed by atoms with Crippen molar-refractivity contribution in [3.63, 3.8) is 0 Å². The molecule has 2 saturated heterocycles. The Morgan fingerprint density at radius 3 is 2.82 bits per heavy atom. The van der Waals surface area contributed by atoms with E-state index in [-0.39, 0.29) is 29.7 Å². The van der Waals surface area contributed by atoms with E-state index in [9.17, 15) is 9.18 Å². The molecule has 1 aromatic carbocycles. The van der Waals surface area contributed by atoms with Gasteiger partial charge in [-0.2, -0.15) is 0 Å². The molecule has 0 radical (unpaired) electrons. The first kappa shape index (κ1) is 27.4. The van der Waals surface area contributed by atoms with Crippen molar-refractivity contribution in [3.8, 4) is 0 Å². The van der Waals surface area contributed by atoms with Crippen LogP contribution in [0.25, 0.3) is 10.8 Å². The number of nitrogens with zero attached hydrogens (tertiary/aromatic N) is 2. The summed E-state index contributed by atoms with van der Waals surface area (Å²) >= 11 is 6.15. The quantitative estimate of drug-likeness (QED) is 0.327. The number of nitrogens with two attached hydrogens (primary N) is 1. The number of alkyl halides is 1. The fourth-order valence-corrected chi connectivity index (χ4v) is 5.81. The molecule has 2 fully saturated rings. The maximum absolute atomic E-state index is 14.4. The first-order valence-corrected chi connectivity index (χ1v) is 13.9. The molecular formula is C29H36ClFN6O2. The normalized spacial score (nSPS) is 25.3. The number of hydrogen-bond donors (Lipinski definition) is 4. The molecule has 0 unspecified atom stereocenters. The zero-order valence-electron chi connectivity index (χ0n) is 22.4. The van der Waals surface area contributed by atoms with Crippen LogP contribution >= 0.6 is 11.6 Å². The Balaban J connectivity index is 1.37. The number of hydrogen-bond acceptors (Lipinski definition) is 6. The molecule has 1 aromatic heterocycles. The van der Waals surface area contributed by atoms with Crippen LogP contribution in [-0.2, 0) is 9.53 Å². The van der Waals surface area contributed by atoms with E-state index in [2.05, 4.69) is 15.6 Å². The van der Waals surface area contributed by atoms with Gasteiger partial charge in [0.2, 0.25) is 0 Å². The molecule has 3 aliphatic rings. The van der Waals surface area contributed by atoms with Crippen molar-refractivity contribution >= 4 is 34.1 Å². The maximum atomic E-state index is 14.4. The predicted octanol–water partition coefficient (Wildman–Crippen LogP) is 4.04. The summed E-state index contributed by atoms with van der Waals surface area (Å²) in [6.07, 6.45) is 7.27. The average molecular weight is 555 g/mol. The molecule has 3 atom stereocenters. The van der Waals surface area contributed by atoms with Crippen molar-refractivity contribution in [2.75, 3.05) is 26.3 Å². The van der Waals surface area contributed by atoms with Gasteiger partial charge in [0.1, 0.15) is 11.5 Å². The van der Waals surface area contributed by atoms with E-state index in [1.807, 2.05) is 25.1 Å². The second kappa shape index (κ2) is 11.1. The van der Waals surface area contributed by atoms with Crippen LogP contribution in [0.5, 0.6) is 0 Å². The van der Waals surface area contributed by atoms with Crippen molar-refractivity contribution in [2.24, 2.45) is 11.7 Å². The number of fused-ring (bicyclic) bond motifs is 1. The molecule has 208 valence electrons. The molecule has 0 saturated carbocycles. The summed E-state index contributed by atoms with van der Waals surface area (Å²) in [6.45, 7) is 5.37. The number of allylic oxidation sites excluding steroid dienone is 1. The molecule has 0 spiro atoms. The summed E-state index contributed by atoms with van der Waals surface area (Å²) in [6, 6.07) is 5.14. The number of piperidine rings is 1. The van der Waals surface area contributed by atoms with Crippen LogP contribution in [0.15, 0.2) is 53.6 Å². The molecule has 1 aliphatic carbocycles. The van der Waals surface area contributed by atoms with E-state index in [1.165, 1.54) is 0 Å². The van der Waals surface area contributed by atoms with Gasteiger partial charge in [0.05, 0.1) is 30.1 Å². The summed E-state index contributed by atoms with van der Waals surface area (Å²) in [5.74, 6) is 0.266. The third-order valence-corrected chi connectivity index (χ3v) is 8.17. The van der Waals surface area contributed by atoms with Crippen LogP contribution in [0, 0.1) is 11.3 Å². The summed E-state index contributed by atoms with van der Waals surface area (Å²) in [5.41, 5.74) is 7.75. The lowest BCUT2D eigenvalue weighted by molar-refractivity contribution is -0.129. The number of rotatable bonds is 5. The molecule has 3 heterocycles. The summed E-state index contributed by atoms with van der Waals surface area (Å²) in [7, 11) is 0. The number of pyridine rings is 1. The van der Waals surface area contributed by atoms with Gasteiger partial charge in [0.25, 0.3) is 5.91 Å². The number of carbonyl (C=O) groups is 1. The highest BCUT2D eigenvalue weighted by atomic mass is 35.5. The molecule has 0 bridgehead atoms. The predicted molar refractivity (Wildman–Crippen MR) is 151 cm³/mol. The minimum absolute atomic E-state index is 0.0827. The smallest absolute Gasteiger partial charge is 0.251 e. The van der Waals surface area contributed by atoms with Gasteiger partial charge >= 0.3 is 0 Å². The van der Waals surface area contributed by atoms with Crippen molar-refractivity contribution in [1.29, 1.82) is 5.41 Å². The van der Waals surface area contributed by atoms with Crippen LogP contribution in [-0.4, -0.2) is 65.7 Å². The minimum Gasteiger partial charge on any atom is -0.397 e. The zero-order valence-corrected chi connectivity index (χ0v) is 23.2. The minimum atomic E-state index is -1.23. The Bertz CT molecular complexity index is 1330. The van der Waals surface area contributed by atoms with E-state index in [1.54, 1.807) is 30.3 Å². The Hall–Kier alpha value is -3.17. The number of ether oxygens (including phenoxy) is 1. The van der Waals surface area contributed by atoms with Crippen LogP contribution in [0.3, 0.4) is 0 Å². The SMILES string of the molecule is C[C@@H]1C=C(N)C(N[C@@H]2CCOC[C@@H]2NC(=N)c2cncc3cc(Cl)ccc23)=C(C(=O)N2CCC(C)(F)CC2)C1. The van der Waals surface area contributed by atoms with Gasteiger partial charge < -0.3 is 26.0 Å². The molecule has 10 heteroatoms. The Morgan fingerprint density at radius 2 is 2.05 bits per heavy atom. The van der Waals surface area contributed by atoms with Gasteiger partial charge in [-0.3, -0.25) is 15.2 Å². The third kappa shape index (κ3) is 6.04. The number of likely N-dealkylation sites (tertiary alicyclic amines) is 1. The number of amides is 1. The molecular weight excluding hydrogens is 519 g/mol. The molecule has 1 amide bonds. The molecule has 39 heavy (non-hydrogen) atoms. The Morgan fingerprint density at radius 1 is 1.28 bits per heavy atom. The van der Waals surface area contributed by atoms with Crippen molar-refractivity contribution in [2.45, 2.75) is 57.3 Å². The standard InChI is InChI=1S/C29H36ClFN6O2/c1-17-11-21(28(38)37-8-6-29(2,31)7-9-37)26(23(32)12-17)35-24-5-10-39-16-25(24)36-27(33)22-15-34-14-18-13-19(30)3-4-20(18)22/h3-4,12-15,17,24-25,35H,5-11,16,32H2,1-2H3,(H2,33,36)/t17-,24+,25-/m0/s1. The van der Waals surface area contributed by atoms with Gasteiger partial charge in [-0.15, -0.1) is 0 Å². The number of halogens is 2. The first-order chi connectivity index (χ1) is 18.6. The number of aromatic nitrogens is 1. The average Bonchev–Trinajstić information content (AvgIpc) is 2.90. The van der Waals surface area contributed by atoms with E-state index < -0.39 is 5.67 Å². The monoisotopic (exact) mass is 554 g/mol. The highest BCUT2D eigenvalue weighted by Crippen LogP contribution is 2.31. The van der Waals surface area contributed by atoms with Gasteiger partial charge in [-0.05, 0) is 56.0 Å². The summed E-state index contributed by atoms with van der Waals surface area (Å²) < 4.78 is 20.2. The molecule has 2 aromatic rings. The second-order valence-corrected chi connectivity index (χ2v) is 11.6. The Kier molecular flexibility index (Phi) is 7.82. The number of amidine groups is 1. The molecule has 2 aliphatic heterocycles. The van der Waals surface area contributed by atoms with E-state index in [4.69, 9.17) is 27.5 Å². The molecule has 8 nitrogen and oxygen atoms in total. The summed E-state index contributed by atoms with van der Waals surface area (Å²) in [5, 5.41) is 18.1. The first-order valence-electron chi connectivity index (χ1n) is 13.5. The van der Waals surface area contributed by atoms with Gasteiger partial charge in [-0.1, -0.05) is 30.7 Å². The van der Waals surface area contributed by atoms with Gasteiger partial charge in [0.15, 0.2) is 0 Å². The Labute approximate surface area is 233 Å². The van der Waals surface area contributed by atoms with Gasteiger partial charge in [-0.25, -0.2) is 4.39 Å². The number of nitrogens with one attached hydrogen (secondary N) is 3. The highest BCUT2D eigenvalue weighted by molar-refractivity contribution is 6.31. The van der Waals surface area contributed by atoms with Gasteiger partial charge in [0, 0.05) is 53.6 Å². The topological polar surface area (TPSA) is 116 Å². The number of benzene rings is 1. The summed E-state index contributed by atoms with van der Waals surface area (Å²) in [4.78, 5) is 19.7. The van der Waals surface area contributed by atoms with E-state index >= 15 is 0 Å². The van der Waals surface area contributed by atoms with Crippen LogP contribution in [0.2, 0.25) is 5.02 Å². The number of carbonyl (C=O) groups excluding carboxylic acids is 1.